The van der Waals surface area contributed by atoms with Crippen LogP contribution >= 0.6 is 0 Å². The molecule has 110 valence electrons. The SMILES string of the molecule is C=CCONC(=O)c1ccc2nc(-c3cccnc3)[nH]c2c1. The molecule has 0 radical (unpaired) electrons. The third-order valence-corrected chi connectivity index (χ3v) is 3.05. The van der Waals surface area contributed by atoms with Gasteiger partial charge in [0.2, 0.25) is 0 Å². The molecule has 2 aromatic heterocycles. The van der Waals surface area contributed by atoms with Gasteiger partial charge in [-0.15, -0.1) is 6.58 Å². The third kappa shape index (κ3) is 2.87. The maximum atomic E-state index is 11.9. The monoisotopic (exact) mass is 294 g/mol. The molecule has 2 heterocycles. The van der Waals surface area contributed by atoms with Crippen molar-refractivity contribution in [2.24, 2.45) is 0 Å². The second-order valence-corrected chi connectivity index (χ2v) is 4.59. The van der Waals surface area contributed by atoms with Gasteiger partial charge in [-0.1, -0.05) is 6.08 Å². The first-order valence-corrected chi connectivity index (χ1v) is 6.71. The van der Waals surface area contributed by atoms with Crippen LogP contribution in [0.25, 0.3) is 22.4 Å². The van der Waals surface area contributed by atoms with E-state index in [4.69, 9.17) is 4.84 Å². The minimum atomic E-state index is -0.318. The van der Waals surface area contributed by atoms with Crippen molar-refractivity contribution in [3.63, 3.8) is 0 Å². The smallest absolute Gasteiger partial charge is 0.274 e. The molecule has 0 bridgehead atoms. The second-order valence-electron chi connectivity index (χ2n) is 4.59. The number of pyridine rings is 1. The predicted octanol–water partition coefficient (Wildman–Crippen LogP) is 2.47. The normalized spacial score (nSPS) is 10.5. The van der Waals surface area contributed by atoms with E-state index in [2.05, 4.69) is 27.0 Å². The molecule has 0 atom stereocenters. The lowest BCUT2D eigenvalue weighted by atomic mass is 10.2. The number of carbonyl (C=O) groups excluding carboxylic acids is 1. The molecule has 3 aromatic rings. The van der Waals surface area contributed by atoms with E-state index in [9.17, 15) is 4.79 Å². The zero-order valence-electron chi connectivity index (χ0n) is 11.7. The first kappa shape index (κ1) is 14.0. The molecule has 6 heteroatoms. The first-order valence-electron chi connectivity index (χ1n) is 6.71. The zero-order valence-corrected chi connectivity index (χ0v) is 11.7. The summed E-state index contributed by atoms with van der Waals surface area (Å²) >= 11 is 0. The van der Waals surface area contributed by atoms with Crippen molar-refractivity contribution in [1.82, 2.24) is 20.4 Å². The number of carbonyl (C=O) groups is 1. The van der Waals surface area contributed by atoms with Gasteiger partial charge in [0.1, 0.15) is 5.82 Å². The van der Waals surface area contributed by atoms with E-state index in [-0.39, 0.29) is 12.5 Å². The van der Waals surface area contributed by atoms with Gasteiger partial charge in [0.05, 0.1) is 17.6 Å². The van der Waals surface area contributed by atoms with Crippen LogP contribution in [0.1, 0.15) is 10.4 Å². The molecule has 6 nitrogen and oxygen atoms in total. The van der Waals surface area contributed by atoms with Crippen molar-refractivity contribution in [3.8, 4) is 11.4 Å². The van der Waals surface area contributed by atoms with Crippen molar-refractivity contribution in [3.05, 3.63) is 60.9 Å². The van der Waals surface area contributed by atoms with Gasteiger partial charge < -0.3 is 4.98 Å². The standard InChI is InChI=1S/C16H14N4O2/c1-2-8-22-20-16(21)11-5-6-13-14(9-11)19-15(18-13)12-4-3-7-17-10-12/h2-7,9-10H,1,8H2,(H,18,19)(H,20,21). The number of amides is 1. The number of hydroxylamine groups is 1. The van der Waals surface area contributed by atoms with Crippen LogP contribution in [0.5, 0.6) is 0 Å². The maximum Gasteiger partial charge on any atom is 0.274 e. The summed E-state index contributed by atoms with van der Waals surface area (Å²) in [5.41, 5.74) is 5.27. The molecule has 2 N–H and O–H groups in total. The topological polar surface area (TPSA) is 79.9 Å². The second kappa shape index (κ2) is 6.19. The molecule has 22 heavy (non-hydrogen) atoms. The lowest BCUT2D eigenvalue weighted by molar-refractivity contribution is 0.0422. The Morgan fingerprint density at radius 3 is 3.09 bits per heavy atom. The van der Waals surface area contributed by atoms with Crippen LogP contribution in [-0.2, 0) is 4.84 Å². The minimum Gasteiger partial charge on any atom is -0.338 e. The van der Waals surface area contributed by atoms with Gasteiger partial charge in [-0.05, 0) is 30.3 Å². The summed E-state index contributed by atoms with van der Waals surface area (Å²) in [6, 6.07) is 8.98. The molecule has 1 amide bonds. The highest BCUT2D eigenvalue weighted by Crippen LogP contribution is 2.20. The van der Waals surface area contributed by atoms with Gasteiger partial charge in [0, 0.05) is 23.5 Å². The van der Waals surface area contributed by atoms with E-state index in [1.165, 1.54) is 0 Å². The van der Waals surface area contributed by atoms with E-state index in [1.807, 2.05) is 12.1 Å². The third-order valence-electron chi connectivity index (χ3n) is 3.05. The fourth-order valence-corrected chi connectivity index (χ4v) is 2.02. The summed E-state index contributed by atoms with van der Waals surface area (Å²) in [5.74, 6) is 0.393. The Bertz CT molecular complexity index is 811. The van der Waals surface area contributed by atoms with Crippen LogP contribution in [0.3, 0.4) is 0 Å². The number of nitrogens with zero attached hydrogens (tertiary/aromatic N) is 2. The van der Waals surface area contributed by atoms with Gasteiger partial charge >= 0.3 is 0 Å². The van der Waals surface area contributed by atoms with Crippen LogP contribution in [-0.4, -0.2) is 27.5 Å². The maximum absolute atomic E-state index is 11.9. The number of hydrogen-bond acceptors (Lipinski definition) is 4. The molecule has 1 aromatic carbocycles. The number of nitrogens with one attached hydrogen (secondary N) is 2. The molecule has 0 fully saturated rings. The number of imidazole rings is 1. The number of benzene rings is 1. The van der Waals surface area contributed by atoms with Crippen LogP contribution in [0.15, 0.2) is 55.4 Å². The summed E-state index contributed by atoms with van der Waals surface area (Å²) < 4.78 is 0. The molecule has 0 aliphatic carbocycles. The summed E-state index contributed by atoms with van der Waals surface area (Å²) in [5, 5.41) is 0. The molecule has 0 saturated carbocycles. The lowest BCUT2D eigenvalue weighted by Crippen LogP contribution is -2.23. The van der Waals surface area contributed by atoms with Crippen molar-refractivity contribution in [2.75, 3.05) is 6.61 Å². The van der Waals surface area contributed by atoms with Crippen LogP contribution in [0.4, 0.5) is 0 Å². The highest BCUT2D eigenvalue weighted by atomic mass is 16.6. The Morgan fingerprint density at radius 1 is 1.41 bits per heavy atom. The van der Waals surface area contributed by atoms with Gasteiger partial charge in [-0.2, -0.15) is 0 Å². The number of rotatable bonds is 5. The number of hydrogen-bond donors (Lipinski definition) is 2. The van der Waals surface area contributed by atoms with Gasteiger partial charge in [0.15, 0.2) is 0 Å². The average molecular weight is 294 g/mol. The molecular formula is C16H14N4O2. The molecule has 0 unspecified atom stereocenters. The quantitative estimate of drug-likeness (QED) is 0.430. The molecule has 3 rings (SSSR count). The number of aromatic nitrogens is 3. The Hall–Kier alpha value is -2.99. The van der Waals surface area contributed by atoms with E-state index >= 15 is 0 Å². The number of fused-ring (bicyclic) bond motifs is 1. The molecule has 0 spiro atoms. The van der Waals surface area contributed by atoms with E-state index < -0.39 is 0 Å². The van der Waals surface area contributed by atoms with Crippen LogP contribution in [0, 0.1) is 0 Å². The molecule has 0 aliphatic heterocycles. The Morgan fingerprint density at radius 2 is 2.32 bits per heavy atom. The molecule has 0 saturated heterocycles. The first-order chi connectivity index (χ1) is 10.8. The largest absolute Gasteiger partial charge is 0.338 e. The fourth-order valence-electron chi connectivity index (χ4n) is 2.02. The Kier molecular flexibility index (Phi) is 3.93. The average Bonchev–Trinajstić information content (AvgIpc) is 2.99. The Balaban J connectivity index is 1.87. The summed E-state index contributed by atoms with van der Waals surface area (Å²) in [4.78, 5) is 28.6. The van der Waals surface area contributed by atoms with Crippen molar-refractivity contribution < 1.29 is 9.63 Å². The van der Waals surface area contributed by atoms with Gasteiger partial charge in [-0.25, -0.2) is 10.5 Å². The van der Waals surface area contributed by atoms with Crippen molar-refractivity contribution in [2.45, 2.75) is 0 Å². The summed E-state index contributed by atoms with van der Waals surface area (Å²) in [6.07, 6.45) is 4.99. The van der Waals surface area contributed by atoms with Crippen LogP contribution < -0.4 is 5.48 Å². The summed E-state index contributed by atoms with van der Waals surface area (Å²) in [6.45, 7) is 3.76. The highest BCUT2D eigenvalue weighted by molar-refractivity contribution is 5.97. The molecule has 0 aliphatic rings. The zero-order chi connectivity index (χ0) is 15.4. The van der Waals surface area contributed by atoms with Crippen LogP contribution in [0.2, 0.25) is 0 Å². The van der Waals surface area contributed by atoms with Gasteiger partial charge in [0.25, 0.3) is 5.91 Å². The van der Waals surface area contributed by atoms with Gasteiger partial charge in [-0.3, -0.25) is 14.6 Å². The van der Waals surface area contributed by atoms with Crippen molar-refractivity contribution >= 4 is 16.9 Å². The fraction of sp³-hybridized carbons (Fsp3) is 0.0625. The highest BCUT2D eigenvalue weighted by Gasteiger charge is 2.10. The van der Waals surface area contributed by atoms with Crippen molar-refractivity contribution in [1.29, 1.82) is 0 Å². The minimum absolute atomic E-state index is 0.253. The Labute approximate surface area is 126 Å². The van der Waals surface area contributed by atoms with E-state index in [1.54, 1.807) is 36.7 Å². The number of H-pyrrole nitrogens is 1. The molecular weight excluding hydrogens is 280 g/mol. The summed E-state index contributed by atoms with van der Waals surface area (Å²) in [7, 11) is 0. The lowest BCUT2D eigenvalue weighted by Gasteiger charge is -2.03. The number of aromatic amines is 1. The van der Waals surface area contributed by atoms with E-state index in [0.717, 1.165) is 16.6 Å². The predicted molar refractivity (Wildman–Crippen MR) is 82.9 cm³/mol. The van der Waals surface area contributed by atoms with E-state index in [0.29, 0.717) is 11.4 Å².